The summed E-state index contributed by atoms with van der Waals surface area (Å²) in [6.07, 6.45) is 4.52. The first-order valence-electron chi connectivity index (χ1n) is 10.7. The number of azide groups is 1. The zero-order valence-corrected chi connectivity index (χ0v) is 19.2. The average Bonchev–Trinajstić information content (AvgIpc) is 3.00. The zero-order chi connectivity index (χ0) is 23.2. The van der Waals surface area contributed by atoms with Crippen LogP contribution in [0, 0.1) is 31.1 Å². The molecule has 0 unspecified atom stereocenters. The molecule has 0 aromatic carbocycles. The summed E-state index contributed by atoms with van der Waals surface area (Å²) in [6.45, 7) is 13.1. The van der Waals surface area contributed by atoms with Crippen LogP contribution in [0.3, 0.4) is 0 Å². The summed E-state index contributed by atoms with van der Waals surface area (Å²) in [7, 11) is 0. The standard InChI is InChI=1S/C22H34N6O3/c1-7-8-9-16-12-15(10-11-30-21(29)22(4,5)6)18(27-28-24)19(16)31-20-17(23)13(2)25-14(3)26-20/h7,15-16,18-19H,1,8-12,23H2,2-6H3/t15-,16-,18-,19-/m0/s1. The van der Waals surface area contributed by atoms with E-state index in [1.165, 1.54) is 0 Å². The lowest BCUT2D eigenvalue weighted by Crippen LogP contribution is -2.34. The van der Waals surface area contributed by atoms with Gasteiger partial charge in [0.1, 0.15) is 17.6 Å². The van der Waals surface area contributed by atoms with Gasteiger partial charge in [-0.2, -0.15) is 4.98 Å². The van der Waals surface area contributed by atoms with Gasteiger partial charge in [-0.1, -0.05) is 11.2 Å². The first-order chi connectivity index (χ1) is 14.6. The van der Waals surface area contributed by atoms with Crippen LogP contribution < -0.4 is 10.5 Å². The number of ether oxygens (including phenoxy) is 2. The molecule has 0 amide bonds. The number of nitrogen functional groups attached to an aromatic ring is 1. The molecule has 1 saturated carbocycles. The Kier molecular flexibility index (Phi) is 8.28. The molecule has 31 heavy (non-hydrogen) atoms. The van der Waals surface area contributed by atoms with Crippen LogP contribution in [0.5, 0.6) is 5.88 Å². The SMILES string of the molecule is C=CCC[C@H]1C[C@H](CCOC(=O)C(C)(C)C)[C@H](N=[N+]=[N-])[C@H]1Oc1nc(C)nc(C)c1N. The van der Waals surface area contributed by atoms with Crippen molar-refractivity contribution in [1.29, 1.82) is 0 Å². The summed E-state index contributed by atoms with van der Waals surface area (Å²) in [5.74, 6) is 0.784. The number of carbonyl (C=O) groups excluding carboxylic acids is 1. The zero-order valence-electron chi connectivity index (χ0n) is 19.2. The van der Waals surface area contributed by atoms with E-state index in [1.807, 2.05) is 26.8 Å². The van der Waals surface area contributed by atoms with Crippen molar-refractivity contribution in [1.82, 2.24) is 9.97 Å². The number of esters is 1. The molecule has 1 heterocycles. The maximum atomic E-state index is 12.1. The second kappa shape index (κ2) is 10.5. The van der Waals surface area contributed by atoms with Crippen molar-refractivity contribution >= 4 is 11.7 Å². The number of nitrogens with two attached hydrogens (primary N) is 1. The lowest BCUT2D eigenvalue weighted by molar-refractivity contribution is -0.153. The van der Waals surface area contributed by atoms with E-state index >= 15 is 0 Å². The lowest BCUT2D eigenvalue weighted by Gasteiger charge is -2.25. The summed E-state index contributed by atoms with van der Waals surface area (Å²) in [4.78, 5) is 23.8. The third-order valence-corrected chi connectivity index (χ3v) is 5.61. The van der Waals surface area contributed by atoms with Gasteiger partial charge in [-0.3, -0.25) is 4.79 Å². The number of aromatic nitrogens is 2. The number of aryl methyl sites for hydroxylation is 2. The van der Waals surface area contributed by atoms with Gasteiger partial charge in [0.05, 0.1) is 23.8 Å². The Labute approximate surface area is 184 Å². The molecule has 1 fully saturated rings. The van der Waals surface area contributed by atoms with Crippen LogP contribution in [0.1, 0.15) is 58.0 Å². The molecule has 1 aliphatic carbocycles. The van der Waals surface area contributed by atoms with Crippen molar-refractivity contribution in [3.05, 3.63) is 34.6 Å². The summed E-state index contributed by atoms with van der Waals surface area (Å²) in [6, 6.07) is -0.414. The highest BCUT2D eigenvalue weighted by Crippen LogP contribution is 2.41. The molecule has 170 valence electrons. The minimum Gasteiger partial charge on any atom is -0.472 e. The predicted octanol–water partition coefficient (Wildman–Crippen LogP) is 4.68. The molecule has 1 aliphatic rings. The van der Waals surface area contributed by atoms with Gasteiger partial charge in [-0.25, -0.2) is 4.98 Å². The quantitative estimate of drug-likeness (QED) is 0.198. The molecule has 0 aliphatic heterocycles. The fourth-order valence-corrected chi connectivity index (χ4v) is 3.93. The third-order valence-electron chi connectivity index (χ3n) is 5.61. The number of anilines is 1. The maximum absolute atomic E-state index is 12.1. The predicted molar refractivity (Wildman–Crippen MR) is 119 cm³/mol. The lowest BCUT2D eigenvalue weighted by atomic mass is 9.96. The van der Waals surface area contributed by atoms with E-state index in [-0.39, 0.29) is 30.5 Å². The van der Waals surface area contributed by atoms with Gasteiger partial charge in [0.2, 0.25) is 5.88 Å². The first kappa shape index (κ1) is 24.5. The number of carbonyl (C=O) groups is 1. The molecular formula is C22H34N6O3. The number of rotatable bonds is 9. The third kappa shape index (κ3) is 6.34. The van der Waals surface area contributed by atoms with E-state index in [4.69, 9.17) is 15.2 Å². The van der Waals surface area contributed by atoms with E-state index in [0.717, 1.165) is 19.3 Å². The molecule has 0 saturated heterocycles. The van der Waals surface area contributed by atoms with Gasteiger partial charge in [0.15, 0.2) is 0 Å². The Bertz CT molecular complexity index is 844. The summed E-state index contributed by atoms with van der Waals surface area (Å²) < 4.78 is 11.7. The minimum atomic E-state index is -0.557. The Morgan fingerprint density at radius 1 is 1.32 bits per heavy atom. The molecule has 2 N–H and O–H groups in total. The van der Waals surface area contributed by atoms with Crippen LogP contribution in [0.25, 0.3) is 10.4 Å². The number of nitrogens with zero attached hydrogens (tertiary/aromatic N) is 5. The van der Waals surface area contributed by atoms with E-state index in [2.05, 4.69) is 26.6 Å². The molecule has 9 heteroatoms. The molecule has 1 aromatic heterocycles. The Morgan fingerprint density at radius 3 is 2.65 bits per heavy atom. The fraction of sp³-hybridized carbons (Fsp3) is 0.682. The second-order valence-electron chi connectivity index (χ2n) is 9.15. The smallest absolute Gasteiger partial charge is 0.311 e. The van der Waals surface area contributed by atoms with Crippen molar-refractivity contribution in [3.8, 4) is 5.88 Å². The normalized spacial score (nSPS) is 23.1. The van der Waals surface area contributed by atoms with Crippen LogP contribution in [-0.2, 0) is 9.53 Å². The molecule has 0 bridgehead atoms. The molecule has 2 rings (SSSR count). The van der Waals surface area contributed by atoms with Gasteiger partial charge in [0.25, 0.3) is 0 Å². The van der Waals surface area contributed by atoms with Crippen LogP contribution in [0.15, 0.2) is 17.8 Å². The van der Waals surface area contributed by atoms with Crippen LogP contribution in [0.4, 0.5) is 5.69 Å². The maximum Gasteiger partial charge on any atom is 0.311 e. The van der Waals surface area contributed by atoms with E-state index in [9.17, 15) is 10.3 Å². The molecule has 0 radical (unpaired) electrons. The second-order valence-corrected chi connectivity index (χ2v) is 9.15. The Balaban J connectivity index is 2.23. The largest absolute Gasteiger partial charge is 0.472 e. The van der Waals surface area contributed by atoms with Crippen molar-refractivity contribution in [2.24, 2.45) is 22.4 Å². The first-order valence-corrected chi connectivity index (χ1v) is 10.7. The van der Waals surface area contributed by atoms with Crippen molar-refractivity contribution in [2.45, 2.75) is 72.4 Å². The molecule has 1 aromatic rings. The van der Waals surface area contributed by atoms with E-state index in [1.54, 1.807) is 13.8 Å². The van der Waals surface area contributed by atoms with Crippen LogP contribution in [0.2, 0.25) is 0 Å². The monoisotopic (exact) mass is 430 g/mol. The summed E-state index contributed by atoms with van der Waals surface area (Å²) >= 11 is 0. The minimum absolute atomic E-state index is 0.0220. The van der Waals surface area contributed by atoms with E-state index in [0.29, 0.717) is 29.5 Å². The number of hydrogen-bond donors (Lipinski definition) is 1. The average molecular weight is 431 g/mol. The topological polar surface area (TPSA) is 136 Å². The summed E-state index contributed by atoms with van der Waals surface area (Å²) in [5.41, 5.74) is 15.8. The molecule has 4 atom stereocenters. The van der Waals surface area contributed by atoms with Gasteiger partial charge in [-0.15, -0.1) is 6.58 Å². The van der Waals surface area contributed by atoms with Crippen molar-refractivity contribution < 1.29 is 14.3 Å². The molecule has 0 spiro atoms. The van der Waals surface area contributed by atoms with Gasteiger partial charge in [0, 0.05) is 4.91 Å². The van der Waals surface area contributed by atoms with Crippen molar-refractivity contribution in [2.75, 3.05) is 12.3 Å². The van der Waals surface area contributed by atoms with Crippen LogP contribution >= 0.6 is 0 Å². The molecule has 9 nitrogen and oxygen atoms in total. The highest BCUT2D eigenvalue weighted by Gasteiger charge is 2.44. The Morgan fingerprint density at radius 2 is 2.03 bits per heavy atom. The van der Waals surface area contributed by atoms with Crippen molar-refractivity contribution in [3.63, 3.8) is 0 Å². The van der Waals surface area contributed by atoms with Gasteiger partial charge < -0.3 is 15.2 Å². The van der Waals surface area contributed by atoms with Gasteiger partial charge in [-0.05, 0) is 77.7 Å². The van der Waals surface area contributed by atoms with Gasteiger partial charge >= 0.3 is 5.97 Å². The number of allylic oxidation sites excluding steroid dienone is 1. The fourth-order valence-electron chi connectivity index (χ4n) is 3.93. The Hall–Kier alpha value is -2.80. The number of hydrogen-bond acceptors (Lipinski definition) is 7. The highest BCUT2D eigenvalue weighted by atomic mass is 16.5. The van der Waals surface area contributed by atoms with E-state index < -0.39 is 11.5 Å². The molecular weight excluding hydrogens is 396 g/mol. The summed E-state index contributed by atoms with van der Waals surface area (Å²) in [5, 5.41) is 4.07. The van der Waals surface area contributed by atoms with Crippen LogP contribution in [-0.4, -0.2) is 34.7 Å². The highest BCUT2D eigenvalue weighted by molar-refractivity contribution is 5.75.